The van der Waals surface area contributed by atoms with Gasteiger partial charge in [-0.05, 0) is 38.0 Å². The van der Waals surface area contributed by atoms with E-state index in [1.165, 1.54) is 16.8 Å². The Morgan fingerprint density at radius 3 is 2.67 bits per heavy atom. The summed E-state index contributed by atoms with van der Waals surface area (Å²) in [6.45, 7) is 8.53. The van der Waals surface area contributed by atoms with Crippen LogP contribution in [0.1, 0.15) is 31.0 Å². The molecule has 0 spiro atoms. The summed E-state index contributed by atoms with van der Waals surface area (Å²) in [4.78, 5) is 6.85. The first-order valence-corrected chi connectivity index (χ1v) is 7.53. The molecule has 1 atom stereocenters. The lowest BCUT2D eigenvalue weighted by Crippen LogP contribution is -2.58. The topological polar surface area (TPSA) is 28.2 Å². The summed E-state index contributed by atoms with van der Waals surface area (Å²) in [6, 6.07) is 13.3. The highest BCUT2D eigenvalue weighted by atomic mass is 15.3. The smallest absolute Gasteiger partial charge is 0.0668 e. The Labute approximate surface area is 127 Å². The van der Waals surface area contributed by atoms with Gasteiger partial charge in [0.1, 0.15) is 0 Å². The van der Waals surface area contributed by atoms with Crippen LogP contribution in [0, 0.1) is 6.92 Å². The van der Waals surface area contributed by atoms with Crippen LogP contribution in [0.25, 0.3) is 0 Å². The Hall–Kier alpha value is -1.87. The Bertz CT molecular complexity index is 607. The van der Waals surface area contributed by atoms with E-state index in [0.29, 0.717) is 6.04 Å². The fourth-order valence-electron chi connectivity index (χ4n) is 3.02. The molecule has 21 heavy (non-hydrogen) atoms. The summed E-state index contributed by atoms with van der Waals surface area (Å²) in [5.41, 5.74) is 3.87. The number of aryl methyl sites for hydroxylation is 1. The van der Waals surface area contributed by atoms with Crippen LogP contribution in [0.4, 0.5) is 5.69 Å². The van der Waals surface area contributed by atoms with Gasteiger partial charge in [0, 0.05) is 24.8 Å². The molecule has 2 heterocycles. The predicted octanol–water partition coefficient (Wildman–Crippen LogP) is 3.32. The van der Waals surface area contributed by atoms with Crippen molar-refractivity contribution in [2.24, 2.45) is 0 Å². The minimum atomic E-state index is 0.106. The number of rotatable bonds is 2. The van der Waals surface area contributed by atoms with Crippen molar-refractivity contribution in [1.82, 2.24) is 10.3 Å². The molecule has 0 saturated carbocycles. The zero-order valence-corrected chi connectivity index (χ0v) is 13.0. The third-order valence-corrected chi connectivity index (χ3v) is 4.09. The predicted molar refractivity (Wildman–Crippen MR) is 87.6 cm³/mol. The van der Waals surface area contributed by atoms with Crippen molar-refractivity contribution >= 4 is 5.69 Å². The maximum Gasteiger partial charge on any atom is 0.0668 e. The van der Waals surface area contributed by atoms with Gasteiger partial charge in [0.15, 0.2) is 0 Å². The van der Waals surface area contributed by atoms with Gasteiger partial charge in [0.05, 0.1) is 17.9 Å². The molecular formula is C18H23N3. The lowest BCUT2D eigenvalue weighted by Gasteiger charge is -2.46. The highest BCUT2D eigenvalue weighted by molar-refractivity contribution is 5.50. The molecule has 3 heteroatoms. The molecule has 0 amide bonds. The van der Waals surface area contributed by atoms with Crippen LogP contribution in [0.5, 0.6) is 0 Å². The number of piperazine rings is 1. The minimum Gasteiger partial charge on any atom is -0.360 e. The molecular weight excluding hydrogens is 258 g/mol. The molecule has 1 unspecified atom stereocenters. The minimum absolute atomic E-state index is 0.106. The summed E-state index contributed by atoms with van der Waals surface area (Å²) in [5, 5.41) is 3.66. The lowest BCUT2D eigenvalue weighted by atomic mass is 9.94. The second-order valence-corrected chi connectivity index (χ2v) is 6.54. The quantitative estimate of drug-likeness (QED) is 0.915. The molecule has 0 aliphatic carbocycles. The van der Waals surface area contributed by atoms with E-state index in [1.807, 2.05) is 12.4 Å². The number of hydrogen-bond acceptors (Lipinski definition) is 3. The fourth-order valence-corrected chi connectivity index (χ4v) is 3.02. The number of aromatic nitrogens is 1. The maximum absolute atomic E-state index is 4.37. The van der Waals surface area contributed by atoms with Crippen LogP contribution in [0.2, 0.25) is 0 Å². The van der Waals surface area contributed by atoms with Crippen LogP contribution in [0.3, 0.4) is 0 Å². The molecule has 1 aliphatic rings. The van der Waals surface area contributed by atoms with Crippen LogP contribution in [-0.2, 0) is 0 Å². The summed E-state index contributed by atoms with van der Waals surface area (Å²) < 4.78 is 0. The second-order valence-electron chi connectivity index (χ2n) is 6.54. The highest BCUT2D eigenvalue weighted by Crippen LogP contribution is 2.31. The average molecular weight is 281 g/mol. The van der Waals surface area contributed by atoms with Gasteiger partial charge in [-0.2, -0.15) is 0 Å². The average Bonchev–Trinajstić information content (AvgIpc) is 2.47. The molecule has 1 aromatic carbocycles. The third kappa shape index (κ3) is 3.08. The summed E-state index contributed by atoms with van der Waals surface area (Å²) in [5.74, 6) is 0. The number of nitrogens with zero attached hydrogens (tertiary/aromatic N) is 2. The zero-order valence-electron chi connectivity index (χ0n) is 13.0. The van der Waals surface area contributed by atoms with E-state index in [2.05, 4.69) is 72.4 Å². The van der Waals surface area contributed by atoms with Gasteiger partial charge in [-0.25, -0.2) is 0 Å². The first-order valence-electron chi connectivity index (χ1n) is 7.53. The number of hydrogen-bond donors (Lipinski definition) is 1. The van der Waals surface area contributed by atoms with Crippen molar-refractivity contribution in [3.05, 3.63) is 59.9 Å². The van der Waals surface area contributed by atoms with Crippen molar-refractivity contribution in [3.8, 4) is 0 Å². The van der Waals surface area contributed by atoms with Crippen LogP contribution >= 0.6 is 0 Å². The second kappa shape index (κ2) is 5.49. The summed E-state index contributed by atoms with van der Waals surface area (Å²) in [6.07, 6.45) is 3.89. The molecule has 1 aliphatic heterocycles. The van der Waals surface area contributed by atoms with Crippen molar-refractivity contribution < 1.29 is 0 Å². The van der Waals surface area contributed by atoms with Crippen molar-refractivity contribution in [2.75, 3.05) is 18.0 Å². The van der Waals surface area contributed by atoms with E-state index in [4.69, 9.17) is 0 Å². The van der Waals surface area contributed by atoms with Gasteiger partial charge in [0.25, 0.3) is 0 Å². The van der Waals surface area contributed by atoms with Crippen LogP contribution < -0.4 is 10.2 Å². The van der Waals surface area contributed by atoms with Crippen molar-refractivity contribution in [2.45, 2.75) is 32.4 Å². The molecule has 0 radical (unpaired) electrons. The summed E-state index contributed by atoms with van der Waals surface area (Å²) >= 11 is 0. The Morgan fingerprint density at radius 2 is 1.95 bits per heavy atom. The monoisotopic (exact) mass is 281 g/mol. The molecule has 2 aromatic rings. The number of anilines is 1. The maximum atomic E-state index is 4.37. The van der Waals surface area contributed by atoms with Gasteiger partial charge in [-0.1, -0.05) is 30.3 Å². The molecule has 110 valence electrons. The van der Waals surface area contributed by atoms with E-state index >= 15 is 0 Å². The molecule has 0 bridgehead atoms. The molecule has 1 saturated heterocycles. The van der Waals surface area contributed by atoms with E-state index in [1.54, 1.807) is 0 Å². The number of nitrogens with one attached hydrogen (secondary N) is 1. The van der Waals surface area contributed by atoms with Gasteiger partial charge >= 0.3 is 0 Å². The first-order chi connectivity index (χ1) is 10.1. The Morgan fingerprint density at radius 1 is 1.19 bits per heavy atom. The SMILES string of the molecule is Cc1cncc(N2CC(C)(C)NCC2c2ccccc2)c1. The molecule has 1 aromatic heterocycles. The van der Waals surface area contributed by atoms with E-state index < -0.39 is 0 Å². The normalized spacial score (nSPS) is 21.3. The number of benzene rings is 1. The molecule has 3 nitrogen and oxygen atoms in total. The Kier molecular flexibility index (Phi) is 3.68. The van der Waals surface area contributed by atoms with E-state index in [-0.39, 0.29) is 5.54 Å². The molecule has 1 N–H and O–H groups in total. The molecule has 3 rings (SSSR count). The third-order valence-electron chi connectivity index (χ3n) is 4.09. The summed E-state index contributed by atoms with van der Waals surface area (Å²) in [7, 11) is 0. The first kappa shape index (κ1) is 14.1. The molecule has 1 fully saturated rings. The van der Waals surface area contributed by atoms with Gasteiger partial charge in [0.2, 0.25) is 0 Å². The number of pyridine rings is 1. The standard InChI is InChI=1S/C18H23N3/c1-14-9-16(11-19-10-14)21-13-18(2,3)20-12-17(21)15-7-5-4-6-8-15/h4-11,17,20H,12-13H2,1-3H3. The zero-order chi connectivity index (χ0) is 14.9. The Balaban J connectivity index is 1.98. The van der Waals surface area contributed by atoms with E-state index in [9.17, 15) is 0 Å². The van der Waals surface area contributed by atoms with Crippen LogP contribution in [0.15, 0.2) is 48.8 Å². The van der Waals surface area contributed by atoms with Gasteiger partial charge in [-0.3, -0.25) is 4.98 Å². The van der Waals surface area contributed by atoms with E-state index in [0.717, 1.165) is 13.1 Å². The largest absolute Gasteiger partial charge is 0.360 e. The lowest BCUT2D eigenvalue weighted by molar-refractivity contribution is 0.312. The van der Waals surface area contributed by atoms with Gasteiger partial charge < -0.3 is 10.2 Å². The van der Waals surface area contributed by atoms with Crippen molar-refractivity contribution in [1.29, 1.82) is 0 Å². The highest BCUT2D eigenvalue weighted by Gasteiger charge is 2.33. The van der Waals surface area contributed by atoms with Crippen LogP contribution in [-0.4, -0.2) is 23.6 Å². The van der Waals surface area contributed by atoms with Crippen molar-refractivity contribution in [3.63, 3.8) is 0 Å². The van der Waals surface area contributed by atoms with Gasteiger partial charge in [-0.15, -0.1) is 0 Å². The fraction of sp³-hybridized carbons (Fsp3) is 0.389.